The Morgan fingerprint density at radius 2 is 1.96 bits per heavy atom. The molecule has 3 aromatic rings. The van der Waals surface area contributed by atoms with Gasteiger partial charge in [0.15, 0.2) is 5.13 Å². The van der Waals surface area contributed by atoms with E-state index in [9.17, 15) is 13.2 Å². The van der Waals surface area contributed by atoms with Gasteiger partial charge in [0, 0.05) is 28.7 Å². The lowest BCUT2D eigenvalue weighted by atomic mass is 10.2. The number of anilines is 1. The molecule has 0 saturated carbocycles. The minimum Gasteiger partial charge on any atom is -0.495 e. The van der Waals surface area contributed by atoms with E-state index in [0.717, 1.165) is 5.56 Å². The highest BCUT2D eigenvalue weighted by Crippen LogP contribution is 2.26. The number of rotatable bonds is 7. The van der Waals surface area contributed by atoms with Crippen molar-refractivity contribution in [1.29, 1.82) is 0 Å². The first kappa shape index (κ1) is 20.3. The fourth-order valence-corrected chi connectivity index (χ4v) is 4.20. The molecule has 0 saturated heterocycles. The molecule has 0 fully saturated rings. The van der Waals surface area contributed by atoms with E-state index in [1.165, 1.54) is 36.6 Å². The maximum Gasteiger partial charge on any atom is 0.257 e. The van der Waals surface area contributed by atoms with Crippen molar-refractivity contribution in [1.82, 2.24) is 9.71 Å². The summed E-state index contributed by atoms with van der Waals surface area (Å²) in [5.41, 5.74) is 0.910. The number of sulfonamides is 1. The molecule has 1 aromatic heterocycles. The van der Waals surface area contributed by atoms with Crippen LogP contribution in [-0.4, -0.2) is 26.4 Å². The van der Waals surface area contributed by atoms with E-state index in [1.807, 2.05) is 0 Å². The number of nitrogens with one attached hydrogen (secondary N) is 2. The summed E-state index contributed by atoms with van der Waals surface area (Å²) >= 11 is 7.10. The quantitative estimate of drug-likeness (QED) is 0.589. The third-order valence-electron chi connectivity index (χ3n) is 3.75. The van der Waals surface area contributed by atoms with E-state index in [2.05, 4.69) is 15.0 Å². The first-order valence-corrected chi connectivity index (χ1v) is 10.8. The van der Waals surface area contributed by atoms with Crippen LogP contribution < -0.4 is 14.8 Å². The second kappa shape index (κ2) is 8.70. The van der Waals surface area contributed by atoms with Crippen molar-refractivity contribution >= 4 is 44.0 Å². The molecule has 2 N–H and O–H groups in total. The fraction of sp³-hybridized carbons (Fsp3) is 0.111. The van der Waals surface area contributed by atoms with Crippen LogP contribution in [0.1, 0.15) is 15.9 Å². The van der Waals surface area contributed by atoms with E-state index < -0.39 is 15.9 Å². The third-order valence-corrected chi connectivity index (χ3v) is 6.11. The molecule has 0 aliphatic heterocycles. The Morgan fingerprint density at radius 3 is 2.61 bits per heavy atom. The molecule has 28 heavy (non-hydrogen) atoms. The standard InChI is InChI=1S/C18H16ClN3O4S2/c1-26-15-7-4-13(17(23)22-18-20-8-9-27-18)10-16(15)28(24,25)21-11-12-2-5-14(19)6-3-12/h2-10,21H,11H2,1H3,(H,20,22,23). The molecule has 1 amide bonds. The number of amides is 1. The monoisotopic (exact) mass is 437 g/mol. The molecule has 2 aromatic carbocycles. The molecule has 0 aliphatic carbocycles. The average Bonchev–Trinajstić information content (AvgIpc) is 3.20. The van der Waals surface area contributed by atoms with Gasteiger partial charge in [-0.05, 0) is 35.9 Å². The van der Waals surface area contributed by atoms with Crippen LogP contribution in [0, 0.1) is 0 Å². The van der Waals surface area contributed by atoms with Crippen LogP contribution >= 0.6 is 22.9 Å². The molecular formula is C18H16ClN3O4S2. The second-order valence-electron chi connectivity index (χ2n) is 5.61. The zero-order valence-corrected chi connectivity index (χ0v) is 17.1. The number of carbonyl (C=O) groups excluding carboxylic acids is 1. The Balaban J connectivity index is 1.83. The fourth-order valence-electron chi connectivity index (χ4n) is 2.34. The Hall–Kier alpha value is -2.46. The van der Waals surface area contributed by atoms with Gasteiger partial charge in [-0.1, -0.05) is 23.7 Å². The summed E-state index contributed by atoms with van der Waals surface area (Å²) in [6.45, 7) is 0.0677. The van der Waals surface area contributed by atoms with Crippen molar-refractivity contribution in [2.75, 3.05) is 12.4 Å². The van der Waals surface area contributed by atoms with Gasteiger partial charge in [0.1, 0.15) is 10.6 Å². The third kappa shape index (κ3) is 4.87. The van der Waals surface area contributed by atoms with Crippen molar-refractivity contribution in [3.05, 3.63) is 70.2 Å². The molecular weight excluding hydrogens is 422 g/mol. The van der Waals surface area contributed by atoms with Crippen LogP contribution in [0.4, 0.5) is 5.13 Å². The normalized spacial score (nSPS) is 11.2. The Labute approximate surface area is 171 Å². The summed E-state index contributed by atoms with van der Waals surface area (Å²) in [5.74, 6) is -0.332. The molecule has 0 spiro atoms. The van der Waals surface area contributed by atoms with E-state index in [-0.39, 0.29) is 22.8 Å². The predicted octanol–water partition coefficient (Wildman–Crippen LogP) is 3.54. The zero-order valence-electron chi connectivity index (χ0n) is 14.7. The van der Waals surface area contributed by atoms with Crippen molar-refractivity contribution in [3.63, 3.8) is 0 Å². The molecule has 0 aliphatic rings. The van der Waals surface area contributed by atoms with E-state index in [4.69, 9.17) is 16.3 Å². The zero-order chi connectivity index (χ0) is 20.1. The molecule has 146 valence electrons. The van der Waals surface area contributed by atoms with E-state index in [1.54, 1.807) is 35.8 Å². The summed E-state index contributed by atoms with van der Waals surface area (Å²) in [4.78, 5) is 16.2. The molecule has 10 heteroatoms. The van der Waals surface area contributed by atoms with Crippen LogP contribution in [0.2, 0.25) is 5.02 Å². The maximum absolute atomic E-state index is 12.8. The summed E-state index contributed by atoms with van der Waals surface area (Å²) in [5, 5.41) is 5.32. The molecule has 3 rings (SSSR count). The predicted molar refractivity (Wildman–Crippen MR) is 109 cm³/mol. The lowest BCUT2D eigenvalue weighted by molar-refractivity contribution is 0.102. The van der Waals surface area contributed by atoms with Crippen molar-refractivity contribution < 1.29 is 17.9 Å². The molecule has 0 bridgehead atoms. The van der Waals surface area contributed by atoms with Gasteiger partial charge in [-0.15, -0.1) is 11.3 Å². The summed E-state index contributed by atoms with van der Waals surface area (Å²) in [6, 6.07) is 11.0. The SMILES string of the molecule is COc1ccc(C(=O)Nc2nccs2)cc1S(=O)(=O)NCc1ccc(Cl)cc1. The Morgan fingerprint density at radius 1 is 1.21 bits per heavy atom. The lowest BCUT2D eigenvalue weighted by Gasteiger charge is -2.12. The van der Waals surface area contributed by atoms with Crippen molar-refractivity contribution in [3.8, 4) is 5.75 Å². The average molecular weight is 438 g/mol. The summed E-state index contributed by atoms with van der Waals surface area (Å²) in [7, 11) is -2.57. The van der Waals surface area contributed by atoms with Crippen LogP contribution in [0.15, 0.2) is 58.9 Å². The Kier molecular flexibility index (Phi) is 6.30. The minimum absolute atomic E-state index is 0.0677. The van der Waals surface area contributed by atoms with Crippen molar-refractivity contribution in [2.45, 2.75) is 11.4 Å². The van der Waals surface area contributed by atoms with E-state index >= 15 is 0 Å². The van der Waals surface area contributed by atoms with Gasteiger partial charge in [-0.25, -0.2) is 18.1 Å². The van der Waals surface area contributed by atoms with Gasteiger partial charge in [-0.3, -0.25) is 10.1 Å². The number of carbonyl (C=O) groups is 1. The van der Waals surface area contributed by atoms with Gasteiger partial charge in [-0.2, -0.15) is 0 Å². The summed E-state index contributed by atoms with van der Waals surface area (Å²) in [6.07, 6.45) is 1.56. The first-order chi connectivity index (χ1) is 13.4. The van der Waals surface area contributed by atoms with E-state index in [0.29, 0.717) is 10.2 Å². The number of hydrogen-bond donors (Lipinski definition) is 2. The van der Waals surface area contributed by atoms with Crippen molar-refractivity contribution in [2.24, 2.45) is 0 Å². The number of thiazole rings is 1. The lowest BCUT2D eigenvalue weighted by Crippen LogP contribution is -2.24. The number of hydrogen-bond acceptors (Lipinski definition) is 6. The number of ether oxygens (including phenoxy) is 1. The van der Waals surface area contributed by atoms with Gasteiger partial charge < -0.3 is 4.74 Å². The molecule has 1 heterocycles. The smallest absolute Gasteiger partial charge is 0.257 e. The highest BCUT2D eigenvalue weighted by Gasteiger charge is 2.22. The summed E-state index contributed by atoms with van der Waals surface area (Å²) < 4.78 is 33.2. The molecule has 0 unspecified atom stereocenters. The molecule has 7 nitrogen and oxygen atoms in total. The van der Waals surface area contributed by atoms with Gasteiger partial charge in [0.2, 0.25) is 10.0 Å². The van der Waals surface area contributed by atoms with Crippen LogP contribution in [0.5, 0.6) is 5.75 Å². The number of aromatic nitrogens is 1. The number of halogens is 1. The highest BCUT2D eigenvalue weighted by molar-refractivity contribution is 7.89. The number of benzene rings is 2. The van der Waals surface area contributed by atoms with Crippen LogP contribution in [-0.2, 0) is 16.6 Å². The maximum atomic E-state index is 12.8. The minimum atomic E-state index is -3.93. The van der Waals surface area contributed by atoms with Gasteiger partial charge in [0.25, 0.3) is 5.91 Å². The topological polar surface area (TPSA) is 97.4 Å². The largest absolute Gasteiger partial charge is 0.495 e. The van der Waals surface area contributed by atoms with Crippen LogP contribution in [0.3, 0.4) is 0 Å². The molecule has 0 atom stereocenters. The van der Waals surface area contributed by atoms with Gasteiger partial charge >= 0.3 is 0 Å². The molecule has 0 radical (unpaired) electrons. The van der Waals surface area contributed by atoms with Crippen LogP contribution in [0.25, 0.3) is 0 Å². The Bertz CT molecular complexity index is 1070. The first-order valence-electron chi connectivity index (χ1n) is 8.02. The number of methoxy groups -OCH3 is 1. The highest BCUT2D eigenvalue weighted by atomic mass is 35.5. The number of nitrogens with zero attached hydrogens (tertiary/aromatic N) is 1. The second-order valence-corrected chi connectivity index (χ2v) is 8.67. The van der Waals surface area contributed by atoms with Gasteiger partial charge in [0.05, 0.1) is 7.11 Å².